The van der Waals surface area contributed by atoms with Crippen LogP contribution in [0.1, 0.15) is 25.3 Å². The summed E-state index contributed by atoms with van der Waals surface area (Å²) in [5, 5.41) is 9.98. The Morgan fingerprint density at radius 3 is 2.55 bits per heavy atom. The van der Waals surface area contributed by atoms with E-state index in [1.165, 1.54) is 7.11 Å². The normalized spacial score (nSPS) is 15.2. The van der Waals surface area contributed by atoms with Gasteiger partial charge >= 0.3 is 0 Å². The molecule has 1 aliphatic heterocycles. The number of ether oxygens (including phenoxy) is 1. The molecule has 0 spiro atoms. The molecule has 2 rings (SSSR count). The van der Waals surface area contributed by atoms with Crippen LogP contribution in [-0.4, -0.2) is 35.5 Å². The third-order valence-electron chi connectivity index (χ3n) is 3.26. The van der Waals surface area contributed by atoms with Crippen molar-refractivity contribution in [1.82, 2.24) is 4.90 Å². The van der Waals surface area contributed by atoms with E-state index in [1.54, 1.807) is 24.3 Å². The first kappa shape index (κ1) is 14.1. The van der Waals surface area contributed by atoms with Crippen LogP contribution >= 0.6 is 0 Å². The molecular weight excluding hydrogens is 258 g/mol. The minimum atomic E-state index is -0.635. The largest absolute Gasteiger partial charge is 0.502 e. The van der Waals surface area contributed by atoms with Gasteiger partial charge < -0.3 is 9.84 Å². The first-order chi connectivity index (χ1) is 9.61. The van der Waals surface area contributed by atoms with Crippen molar-refractivity contribution in [3.8, 4) is 5.75 Å². The van der Waals surface area contributed by atoms with Gasteiger partial charge in [0.2, 0.25) is 0 Å². The summed E-state index contributed by atoms with van der Waals surface area (Å²) in [6, 6.07) is 6.82. The molecule has 0 unspecified atom stereocenters. The van der Waals surface area contributed by atoms with Gasteiger partial charge in [0.05, 0.1) is 12.7 Å². The number of rotatable bonds is 5. The zero-order valence-electron chi connectivity index (χ0n) is 11.5. The smallest absolute Gasteiger partial charge is 0.296 e. The molecule has 20 heavy (non-hydrogen) atoms. The van der Waals surface area contributed by atoms with Crippen molar-refractivity contribution in [2.24, 2.45) is 0 Å². The number of aliphatic hydroxyl groups is 1. The number of aliphatic hydroxyl groups excluding tert-OH is 1. The van der Waals surface area contributed by atoms with E-state index in [0.29, 0.717) is 24.3 Å². The van der Waals surface area contributed by atoms with Crippen LogP contribution in [0.5, 0.6) is 5.75 Å². The first-order valence-corrected chi connectivity index (χ1v) is 6.54. The lowest BCUT2D eigenvalue weighted by Crippen LogP contribution is -2.32. The number of amides is 2. The van der Waals surface area contributed by atoms with Gasteiger partial charge in [-0.25, -0.2) is 0 Å². The summed E-state index contributed by atoms with van der Waals surface area (Å²) >= 11 is 0. The molecule has 1 heterocycles. The number of nitrogens with zero attached hydrogens (tertiary/aromatic N) is 1. The Kier molecular flexibility index (Phi) is 4.08. The van der Waals surface area contributed by atoms with E-state index >= 15 is 0 Å². The van der Waals surface area contributed by atoms with Crippen LogP contribution in [0.2, 0.25) is 0 Å². The van der Waals surface area contributed by atoms with Crippen molar-refractivity contribution >= 4 is 17.4 Å². The molecule has 0 atom stereocenters. The highest BCUT2D eigenvalue weighted by molar-refractivity contribution is 6.35. The van der Waals surface area contributed by atoms with Crippen molar-refractivity contribution in [2.45, 2.75) is 19.8 Å². The van der Waals surface area contributed by atoms with E-state index < -0.39 is 17.6 Å². The Morgan fingerprint density at radius 2 is 1.90 bits per heavy atom. The molecule has 0 aliphatic carbocycles. The number of hydrogen-bond donors (Lipinski definition) is 1. The molecule has 106 valence electrons. The van der Waals surface area contributed by atoms with Crippen LogP contribution in [-0.2, 0) is 9.59 Å². The molecule has 5 heteroatoms. The summed E-state index contributed by atoms with van der Waals surface area (Å²) in [6.45, 7) is 2.29. The Balaban J connectivity index is 2.41. The molecule has 0 saturated heterocycles. The van der Waals surface area contributed by atoms with Gasteiger partial charge in [-0.2, -0.15) is 0 Å². The first-order valence-electron chi connectivity index (χ1n) is 6.54. The van der Waals surface area contributed by atoms with Gasteiger partial charge in [0.1, 0.15) is 5.75 Å². The van der Waals surface area contributed by atoms with Crippen LogP contribution in [0.15, 0.2) is 30.0 Å². The van der Waals surface area contributed by atoms with Crippen molar-refractivity contribution in [2.75, 3.05) is 13.7 Å². The lowest BCUT2D eigenvalue weighted by atomic mass is 10.0. The predicted octanol–water partition coefficient (Wildman–Crippen LogP) is 2.13. The highest BCUT2D eigenvalue weighted by Gasteiger charge is 2.39. The van der Waals surface area contributed by atoms with Crippen molar-refractivity contribution < 1.29 is 19.4 Å². The van der Waals surface area contributed by atoms with Gasteiger partial charge in [-0.15, -0.1) is 0 Å². The maximum absolute atomic E-state index is 12.3. The summed E-state index contributed by atoms with van der Waals surface area (Å²) in [7, 11) is 1.48. The van der Waals surface area contributed by atoms with Crippen molar-refractivity contribution in [1.29, 1.82) is 0 Å². The molecule has 1 aliphatic rings. The summed E-state index contributed by atoms with van der Waals surface area (Å²) in [5.74, 6) is -1.15. The maximum Gasteiger partial charge on any atom is 0.296 e. The van der Waals surface area contributed by atoms with Gasteiger partial charge in [0.15, 0.2) is 5.76 Å². The summed E-state index contributed by atoms with van der Waals surface area (Å²) in [5.41, 5.74) is 0.452. The fourth-order valence-electron chi connectivity index (χ4n) is 2.18. The van der Waals surface area contributed by atoms with Crippen LogP contribution in [0, 0.1) is 0 Å². The lowest BCUT2D eigenvalue weighted by Gasteiger charge is -2.14. The van der Waals surface area contributed by atoms with Crippen molar-refractivity contribution in [3.63, 3.8) is 0 Å². The minimum Gasteiger partial charge on any atom is -0.502 e. The van der Waals surface area contributed by atoms with Crippen molar-refractivity contribution in [3.05, 3.63) is 35.6 Å². The molecule has 5 nitrogen and oxygen atoms in total. The lowest BCUT2D eigenvalue weighted by molar-refractivity contribution is -0.138. The second-order valence-electron chi connectivity index (χ2n) is 4.54. The van der Waals surface area contributed by atoms with E-state index in [0.717, 1.165) is 11.3 Å². The fourth-order valence-corrected chi connectivity index (χ4v) is 2.18. The molecule has 2 amide bonds. The predicted molar refractivity (Wildman–Crippen MR) is 74.2 cm³/mol. The number of methoxy groups -OCH3 is 1. The zero-order chi connectivity index (χ0) is 14.7. The van der Waals surface area contributed by atoms with Crippen LogP contribution in [0.3, 0.4) is 0 Å². The van der Waals surface area contributed by atoms with E-state index in [2.05, 4.69) is 0 Å². The van der Waals surface area contributed by atoms with Crippen LogP contribution in [0.4, 0.5) is 0 Å². The number of para-hydroxylation sites is 1. The quantitative estimate of drug-likeness (QED) is 0.836. The molecule has 0 fully saturated rings. The standard InChI is InChI=1S/C15H17NO4/c1-3-4-9-16-14(18)12(13(17)15(16)19)10-7-5-6-8-11(10)20-2/h5-8,17H,3-4,9H2,1-2H3. The van der Waals surface area contributed by atoms with Gasteiger partial charge in [0.25, 0.3) is 11.8 Å². The number of imide groups is 1. The summed E-state index contributed by atoms with van der Waals surface area (Å²) in [6.07, 6.45) is 1.58. The summed E-state index contributed by atoms with van der Waals surface area (Å²) in [4.78, 5) is 25.4. The Hall–Kier alpha value is -2.30. The maximum atomic E-state index is 12.3. The van der Waals surface area contributed by atoms with E-state index in [-0.39, 0.29) is 5.57 Å². The van der Waals surface area contributed by atoms with Crippen LogP contribution in [0.25, 0.3) is 5.57 Å². The molecule has 0 bridgehead atoms. The third kappa shape index (κ3) is 2.27. The molecule has 1 aromatic carbocycles. The number of unbranched alkanes of at least 4 members (excludes halogenated alkanes) is 1. The molecule has 0 saturated carbocycles. The number of carbonyl (C=O) groups excluding carboxylic acids is 2. The van der Waals surface area contributed by atoms with E-state index in [1.807, 2.05) is 6.92 Å². The van der Waals surface area contributed by atoms with Gasteiger partial charge in [-0.05, 0) is 12.5 Å². The van der Waals surface area contributed by atoms with Crippen LogP contribution < -0.4 is 4.74 Å². The zero-order valence-corrected chi connectivity index (χ0v) is 11.5. The highest BCUT2D eigenvalue weighted by atomic mass is 16.5. The topological polar surface area (TPSA) is 66.8 Å². The molecular formula is C15H17NO4. The molecule has 1 aromatic rings. The molecule has 0 radical (unpaired) electrons. The monoisotopic (exact) mass is 275 g/mol. The average molecular weight is 275 g/mol. The van der Waals surface area contributed by atoms with Gasteiger partial charge in [-0.1, -0.05) is 31.5 Å². The Bertz CT molecular complexity index is 577. The Labute approximate surface area is 117 Å². The molecule has 1 N–H and O–H groups in total. The van der Waals surface area contributed by atoms with Gasteiger partial charge in [-0.3, -0.25) is 14.5 Å². The highest BCUT2D eigenvalue weighted by Crippen LogP contribution is 2.33. The average Bonchev–Trinajstić information content (AvgIpc) is 2.67. The van der Waals surface area contributed by atoms with E-state index in [9.17, 15) is 14.7 Å². The molecule has 0 aromatic heterocycles. The Morgan fingerprint density at radius 1 is 1.20 bits per heavy atom. The number of hydrogen-bond acceptors (Lipinski definition) is 4. The second-order valence-corrected chi connectivity index (χ2v) is 4.54. The fraction of sp³-hybridized carbons (Fsp3) is 0.333. The SMILES string of the molecule is CCCCN1C(=O)C(O)=C(c2ccccc2OC)C1=O. The minimum absolute atomic E-state index is 0.0172. The van der Waals surface area contributed by atoms with E-state index in [4.69, 9.17) is 4.74 Å². The number of carbonyl (C=O) groups is 2. The second kappa shape index (κ2) is 5.77. The third-order valence-corrected chi connectivity index (χ3v) is 3.26. The number of benzene rings is 1. The van der Waals surface area contributed by atoms with Gasteiger partial charge in [0, 0.05) is 12.1 Å². The summed E-state index contributed by atoms with van der Waals surface area (Å²) < 4.78 is 5.18.